The second kappa shape index (κ2) is 7.22. The summed E-state index contributed by atoms with van der Waals surface area (Å²) in [6, 6.07) is 8.68. The van der Waals surface area contributed by atoms with E-state index >= 15 is 0 Å². The van der Waals surface area contributed by atoms with Crippen molar-refractivity contribution >= 4 is 11.9 Å². The summed E-state index contributed by atoms with van der Waals surface area (Å²) in [7, 11) is 0. The van der Waals surface area contributed by atoms with E-state index in [1.807, 2.05) is 0 Å². The van der Waals surface area contributed by atoms with Gasteiger partial charge in [-0.2, -0.15) is 13.2 Å². The number of benzene rings is 1. The van der Waals surface area contributed by atoms with Gasteiger partial charge in [-0.3, -0.25) is 4.79 Å². The fraction of sp³-hybridized carbons (Fsp3) is 0.100. The molecule has 144 valence electrons. The van der Waals surface area contributed by atoms with Crippen LogP contribution < -0.4 is 5.63 Å². The number of carbonyl (C=O) groups excluding carboxylic acids is 1. The fourth-order valence-electron chi connectivity index (χ4n) is 2.51. The smallest absolute Gasteiger partial charge is 0.416 e. The molecular weight excluding hydrogens is 377 g/mol. The van der Waals surface area contributed by atoms with Crippen LogP contribution in [0.4, 0.5) is 13.2 Å². The van der Waals surface area contributed by atoms with E-state index in [0.717, 1.165) is 24.3 Å². The third-order valence-electron chi connectivity index (χ3n) is 3.80. The van der Waals surface area contributed by atoms with Crippen LogP contribution in [0, 0.1) is 6.92 Å². The molecule has 0 saturated heterocycles. The number of aromatic hydroxyl groups is 1. The highest BCUT2D eigenvalue weighted by Crippen LogP contribution is 2.32. The number of allylic oxidation sites excluding steroid dienone is 1. The van der Waals surface area contributed by atoms with Crippen molar-refractivity contribution in [2.45, 2.75) is 13.1 Å². The summed E-state index contributed by atoms with van der Waals surface area (Å²) in [5, 5.41) is 9.75. The van der Waals surface area contributed by atoms with E-state index < -0.39 is 34.5 Å². The quantitative estimate of drug-likeness (QED) is 0.510. The van der Waals surface area contributed by atoms with Gasteiger partial charge in [0, 0.05) is 11.6 Å². The first kappa shape index (κ1) is 19.2. The van der Waals surface area contributed by atoms with Gasteiger partial charge in [0.1, 0.15) is 28.6 Å². The Labute approximate surface area is 156 Å². The number of furan rings is 1. The van der Waals surface area contributed by atoms with Gasteiger partial charge in [0.25, 0.3) is 0 Å². The molecular formula is C20H13F3O5. The summed E-state index contributed by atoms with van der Waals surface area (Å²) in [6.45, 7) is 1.45. The third kappa shape index (κ3) is 4.06. The average molecular weight is 390 g/mol. The number of halogens is 3. The number of hydrogen-bond acceptors (Lipinski definition) is 5. The van der Waals surface area contributed by atoms with Crippen molar-refractivity contribution < 1.29 is 31.9 Å². The van der Waals surface area contributed by atoms with Crippen LogP contribution >= 0.6 is 0 Å². The molecule has 3 aromatic rings. The first-order chi connectivity index (χ1) is 13.1. The lowest BCUT2D eigenvalue weighted by Gasteiger charge is -2.07. The Morgan fingerprint density at radius 2 is 1.86 bits per heavy atom. The standard InChI is InChI=1S/C20H13F3O5/c1-11-9-16(25)18(19(26)27-11)15(24)7-5-14-6-8-17(28-14)12-3-2-4-13(10-12)20(21,22)23/h2-10,25H,1H3. The van der Waals surface area contributed by atoms with E-state index in [-0.39, 0.29) is 22.8 Å². The molecule has 0 radical (unpaired) electrons. The number of aryl methyl sites for hydroxylation is 1. The maximum atomic E-state index is 12.8. The van der Waals surface area contributed by atoms with E-state index in [2.05, 4.69) is 0 Å². The zero-order valence-electron chi connectivity index (χ0n) is 14.4. The molecule has 1 N–H and O–H groups in total. The molecule has 0 spiro atoms. The minimum absolute atomic E-state index is 0.153. The molecule has 0 aliphatic rings. The molecule has 0 amide bonds. The van der Waals surface area contributed by atoms with Crippen molar-refractivity contribution in [3.8, 4) is 17.1 Å². The summed E-state index contributed by atoms with van der Waals surface area (Å²) in [4.78, 5) is 23.8. The van der Waals surface area contributed by atoms with Crippen LogP contribution in [0.1, 0.15) is 27.4 Å². The molecule has 3 rings (SSSR count). The van der Waals surface area contributed by atoms with E-state index in [4.69, 9.17) is 8.83 Å². The molecule has 0 atom stereocenters. The van der Waals surface area contributed by atoms with Gasteiger partial charge >= 0.3 is 11.8 Å². The summed E-state index contributed by atoms with van der Waals surface area (Å²) in [6.07, 6.45) is -2.25. The van der Waals surface area contributed by atoms with Gasteiger partial charge in [0.05, 0.1) is 5.56 Å². The number of rotatable bonds is 4. The van der Waals surface area contributed by atoms with Gasteiger partial charge in [-0.05, 0) is 43.3 Å². The highest BCUT2D eigenvalue weighted by atomic mass is 19.4. The van der Waals surface area contributed by atoms with Gasteiger partial charge in [-0.15, -0.1) is 0 Å². The topological polar surface area (TPSA) is 80.6 Å². The maximum absolute atomic E-state index is 12.8. The number of alkyl halides is 3. The van der Waals surface area contributed by atoms with Crippen LogP contribution in [0.25, 0.3) is 17.4 Å². The second-order valence-corrected chi connectivity index (χ2v) is 5.88. The van der Waals surface area contributed by atoms with Crippen molar-refractivity contribution in [2.24, 2.45) is 0 Å². The lowest BCUT2D eigenvalue weighted by molar-refractivity contribution is -0.137. The second-order valence-electron chi connectivity index (χ2n) is 5.88. The largest absolute Gasteiger partial charge is 0.507 e. The molecule has 28 heavy (non-hydrogen) atoms. The minimum atomic E-state index is -4.48. The molecule has 2 heterocycles. The Kier molecular flexibility index (Phi) is 4.96. The van der Waals surface area contributed by atoms with Crippen LogP contribution in [0.15, 0.2) is 62.2 Å². The highest BCUT2D eigenvalue weighted by molar-refractivity contribution is 6.08. The van der Waals surface area contributed by atoms with Gasteiger partial charge in [0.15, 0.2) is 5.78 Å². The number of ketones is 1. The SMILES string of the molecule is Cc1cc(O)c(C(=O)C=Cc2ccc(-c3cccc(C(F)(F)F)c3)o2)c(=O)o1. The van der Waals surface area contributed by atoms with Gasteiger partial charge in [-0.25, -0.2) is 4.79 Å². The van der Waals surface area contributed by atoms with E-state index in [9.17, 15) is 27.9 Å². The normalized spacial score (nSPS) is 11.9. The minimum Gasteiger partial charge on any atom is -0.507 e. The van der Waals surface area contributed by atoms with Crippen molar-refractivity contribution in [1.29, 1.82) is 0 Å². The van der Waals surface area contributed by atoms with Crippen LogP contribution in [0.5, 0.6) is 5.75 Å². The molecule has 8 heteroatoms. The Balaban J connectivity index is 1.84. The van der Waals surface area contributed by atoms with Crippen LogP contribution in [0.3, 0.4) is 0 Å². The summed E-state index contributed by atoms with van der Waals surface area (Å²) < 4.78 is 48.7. The number of carbonyl (C=O) groups is 1. The lowest BCUT2D eigenvalue weighted by atomic mass is 10.1. The van der Waals surface area contributed by atoms with Crippen molar-refractivity contribution in [3.05, 3.63) is 81.6 Å². The third-order valence-corrected chi connectivity index (χ3v) is 3.80. The summed E-state index contributed by atoms with van der Waals surface area (Å²) in [5.74, 6) is -0.803. The molecule has 0 saturated carbocycles. The molecule has 0 fully saturated rings. The average Bonchev–Trinajstić information content (AvgIpc) is 3.07. The Morgan fingerprint density at radius 1 is 1.11 bits per heavy atom. The molecule has 0 aliphatic carbocycles. The molecule has 5 nitrogen and oxygen atoms in total. The van der Waals surface area contributed by atoms with E-state index in [0.29, 0.717) is 0 Å². The predicted molar refractivity (Wildman–Crippen MR) is 93.9 cm³/mol. The van der Waals surface area contributed by atoms with E-state index in [1.165, 1.54) is 37.3 Å². The summed E-state index contributed by atoms with van der Waals surface area (Å²) >= 11 is 0. The van der Waals surface area contributed by atoms with Crippen molar-refractivity contribution in [3.63, 3.8) is 0 Å². The zero-order chi connectivity index (χ0) is 20.5. The molecule has 2 aromatic heterocycles. The molecule has 1 aromatic carbocycles. The van der Waals surface area contributed by atoms with Crippen molar-refractivity contribution in [1.82, 2.24) is 0 Å². The monoisotopic (exact) mass is 390 g/mol. The van der Waals surface area contributed by atoms with E-state index in [1.54, 1.807) is 0 Å². The first-order valence-electron chi connectivity index (χ1n) is 7.99. The Morgan fingerprint density at radius 3 is 2.54 bits per heavy atom. The molecule has 0 unspecified atom stereocenters. The van der Waals surface area contributed by atoms with Crippen molar-refractivity contribution in [2.75, 3.05) is 0 Å². The maximum Gasteiger partial charge on any atom is 0.416 e. The number of hydrogen-bond donors (Lipinski definition) is 1. The Bertz CT molecular complexity index is 1120. The summed E-state index contributed by atoms with van der Waals surface area (Å²) in [5.41, 5.74) is -2.09. The van der Waals surface area contributed by atoms with Gasteiger partial charge in [-0.1, -0.05) is 12.1 Å². The van der Waals surface area contributed by atoms with Gasteiger partial charge in [0.2, 0.25) is 0 Å². The van der Waals surface area contributed by atoms with Gasteiger partial charge < -0.3 is 13.9 Å². The highest BCUT2D eigenvalue weighted by Gasteiger charge is 2.30. The zero-order valence-corrected chi connectivity index (χ0v) is 14.4. The predicted octanol–water partition coefficient (Wildman–Crippen LogP) is 4.83. The molecule has 0 aliphatic heterocycles. The van der Waals surface area contributed by atoms with Crippen LogP contribution in [0.2, 0.25) is 0 Å². The molecule has 0 bridgehead atoms. The fourth-order valence-corrected chi connectivity index (χ4v) is 2.51. The van der Waals surface area contributed by atoms with Crippen LogP contribution in [-0.2, 0) is 6.18 Å². The van der Waals surface area contributed by atoms with Crippen LogP contribution in [-0.4, -0.2) is 10.9 Å². The Hall–Kier alpha value is -3.55. The lowest BCUT2D eigenvalue weighted by Crippen LogP contribution is -2.12. The first-order valence-corrected chi connectivity index (χ1v) is 7.99.